The molecule has 7 nitrogen and oxygen atoms in total. The van der Waals surface area contributed by atoms with Crippen molar-refractivity contribution in [2.24, 2.45) is 0 Å². The molecule has 3 saturated heterocycles. The van der Waals surface area contributed by atoms with Gasteiger partial charge in [0, 0.05) is 59.4 Å². The second-order valence-electron chi connectivity index (χ2n) is 5.88. The highest BCUT2D eigenvalue weighted by Crippen LogP contribution is 2.33. The summed E-state index contributed by atoms with van der Waals surface area (Å²) >= 11 is 0. The highest BCUT2D eigenvalue weighted by molar-refractivity contribution is 7.59. The minimum atomic E-state index is 0. The van der Waals surface area contributed by atoms with Gasteiger partial charge in [-0.1, -0.05) is 0 Å². The minimum absolute atomic E-state index is 0. The van der Waals surface area contributed by atoms with E-state index in [-0.39, 0.29) is 25.1 Å². The zero-order chi connectivity index (χ0) is 15.9. The molecule has 0 atom stereocenters. The number of Topliss-reactive ketones (excluding diaryl/α,β-unsaturated/α-hetero) is 1. The molecule has 0 bridgehead atoms. The lowest BCUT2D eigenvalue weighted by atomic mass is 10.0. The van der Waals surface area contributed by atoms with E-state index in [1.54, 1.807) is 14.1 Å². The molecule has 0 aromatic carbocycles. The van der Waals surface area contributed by atoms with Crippen LogP contribution in [0.25, 0.3) is 0 Å². The number of hydrogen-bond donors (Lipinski definition) is 0. The molecule has 0 N–H and O–H groups in total. The number of carbonyl (C=O) groups excluding carboxylic acids is 2. The Morgan fingerprint density at radius 3 is 1.78 bits per heavy atom. The number of rotatable bonds is 3. The van der Waals surface area contributed by atoms with Crippen LogP contribution >= 0.6 is 13.5 Å². The molecule has 4 rings (SSSR count). The van der Waals surface area contributed by atoms with E-state index in [9.17, 15) is 9.59 Å². The Morgan fingerprint density at radius 2 is 1.39 bits per heavy atom. The van der Waals surface area contributed by atoms with Crippen LogP contribution in [0.5, 0.6) is 0 Å². The highest BCUT2D eigenvalue weighted by atomic mass is 32.1. The van der Waals surface area contributed by atoms with Crippen molar-refractivity contribution in [2.75, 3.05) is 53.4 Å². The molecule has 23 heavy (non-hydrogen) atoms. The first-order valence-corrected chi connectivity index (χ1v) is 7.40. The van der Waals surface area contributed by atoms with E-state index in [0.717, 1.165) is 39.3 Å². The number of allylic oxidation sites excluding steroid dienone is 1. The third kappa shape index (κ3) is 3.79. The molecule has 0 spiro atoms. The van der Waals surface area contributed by atoms with E-state index in [4.69, 9.17) is 5.26 Å². The monoisotopic (exact) mass is 335 g/mol. The molecule has 3 heterocycles. The van der Waals surface area contributed by atoms with Crippen LogP contribution in [0.3, 0.4) is 0 Å². The molecule has 3 aliphatic heterocycles. The molecule has 4 aliphatic rings. The van der Waals surface area contributed by atoms with Crippen LogP contribution in [0.4, 0.5) is 0 Å². The average Bonchev–Trinajstić information content (AvgIpc) is 3.34. The molecule has 1 aliphatic carbocycles. The zero-order valence-corrected chi connectivity index (χ0v) is 14.4. The van der Waals surface area contributed by atoms with Crippen molar-refractivity contribution >= 4 is 25.1 Å². The van der Waals surface area contributed by atoms with Gasteiger partial charge < -0.3 is 19.6 Å². The van der Waals surface area contributed by atoms with Crippen molar-refractivity contribution in [1.82, 2.24) is 19.6 Å². The number of carbonyl (C=O) groups is 2. The van der Waals surface area contributed by atoms with Gasteiger partial charge in [-0.15, -0.1) is 0 Å². The summed E-state index contributed by atoms with van der Waals surface area (Å²) in [6.07, 6.45) is 3.38. The smallest absolute Gasteiger partial charge is 0.227 e. The highest BCUT2D eigenvalue weighted by Gasteiger charge is 2.43. The minimum Gasteiger partial charge on any atom is -0.365 e. The molecule has 124 valence electrons. The lowest BCUT2D eigenvalue weighted by molar-refractivity contribution is -0.117. The van der Waals surface area contributed by atoms with Gasteiger partial charge in [-0.3, -0.25) is 9.59 Å². The Labute approximate surface area is 142 Å². The van der Waals surface area contributed by atoms with Crippen LogP contribution in [0, 0.1) is 11.5 Å². The predicted octanol–water partition coefficient (Wildman–Crippen LogP) is -0.678. The maximum Gasteiger partial charge on any atom is 0.227 e. The maximum atomic E-state index is 12.4. The van der Waals surface area contributed by atoms with E-state index in [2.05, 4.69) is 0 Å². The van der Waals surface area contributed by atoms with Gasteiger partial charge in [0.1, 0.15) is 11.4 Å². The number of ketones is 2. The normalized spacial score (nSPS) is 20.9. The fraction of sp³-hybridized carbons (Fsp3) is 0.533. The number of nitrogens with zero attached hydrogens (tertiary/aromatic N) is 5. The third-order valence-electron chi connectivity index (χ3n) is 3.69. The first kappa shape index (κ1) is 17.2. The first-order chi connectivity index (χ1) is 10.5. The molecule has 0 unspecified atom stereocenters. The second-order valence-corrected chi connectivity index (χ2v) is 5.88. The first-order valence-electron chi connectivity index (χ1n) is 7.40. The standard InChI is InChI=1S/C12H13N3O2.C3H6N2.H2S/c16-9-7-8(13-1-2-13)12(17)11(15-5-6-15)10(9)14-3-4-14;1-5(2)3-4;/h7H,1-6H2;1-2H3;1H2. The molecule has 0 saturated carbocycles. The van der Waals surface area contributed by atoms with Gasteiger partial charge in [0.05, 0.1) is 5.70 Å². The molecule has 0 amide bonds. The van der Waals surface area contributed by atoms with E-state index in [1.165, 1.54) is 11.0 Å². The summed E-state index contributed by atoms with van der Waals surface area (Å²) in [4.78, 5) is 31.9. The van der Waals surface area contributed by atoms with Gasteiger partial charge >= 0.3 is 0 Å². The van der Waals surface area contributed by atoms with Crippen molar-refractivity contribution in [1.29, 1.82) is 5.26 Å². The third-order valence-corrected chi connectivity index (χ3v) is 3.69. The van der Waals surface area contributed by atoms with Gasteiger partial charge in [-0.25, -0.2) is 0 Å². The van der Waals surface area contributed by atoms with Crippen LogP contribution in [0.1, 0.15) is 0 Å². The lowest BCUT2D eigenvalue weighted by Gasteiger charge is -2.21. The summed E-state index contributed by atoms with van der Waals surface area (Å²) in [5.74, 6) is 0.0485. The van der Waals surface area contributed by atoms with Crippen molar-refractivity contribution in [3.63, 3.8) is 0 Å². The summed E-state index contributed by atoms with van der Waals surface area (Å²) in [7, 11) is 3.39. The van der Waals surface area contributed by atoms with Crippen molar-refractivity contribution < 1.29 is 9.59 Å². The lowest BCUT2D eigenvalue weighted by Crippen LogP contribution is -2.29. The SMILES string of the molecule is CN(C)C#N.O=C1C=C(N2CC2)C(=O)C(N2CC2)=C1N1CC1.S. The fourth-order valence-corrected chi connectivity index (χ4v) is 2.28. The Morgan fingerprint density at radius 1 is 0.957 bits per heavy atom. The molecular formula is C15H21N5O2S. The Hall–Kier alpha value is -2.14. The van der Waals surface area contributed by atoms with Crippen LogP contribution in [0.2, 0.25) is 0 Å². The second kappa shape index (κ2) is 6.54. The summed E-state index contributed by atoms with van der Waals surface area (Å²) in [5, 5.41) is 7.82. The quantitative estimate of drug-likeness (QED) is 0.293. The summed E-state index contributed by atoms with van der Waals surface area (Å²) in [5.41, 5.74) is 1.89. The van der Waals surface area contributed by atoms with Crippen LogP contribution in [0.15, 0.2) is 23.2 Å². The Bertz CT molecular complexity index is 622. The number of nitriles is 1. The van der Waals surface area contributed by atoms with Crippen molar-refractivity contribution in [2.45, 2.75) is 0 Å². The molecular weight excluding hydrogens is 314 g/mol. The summed E-state index contributed by atoms with van der Waals surface area (Å²) in [6, 6.07) is 0. The van der Waals surface area contributed by atoms with E-state index >= 15 is 0 Å². The molecule has 8 heteroatoms. The van der Waals surface area contributed by atoms with E-state index in [0.29, 0.717) is 17.1 Å². The van der Waals surface area contributed by atoms with Crippen molar-refractivity contribution in [3.8, 4) is 6.19 Å². The summed E-state index contributed by atoms with van der Waals surface area (Å²) < 4.78 is 0. The van der Waals surface area contributed by atoms with Crippen LogP contribution < -0.4 is 0 Å². The Kier molecular flexibility index (Phi) is 4.90. The van der Waals surface area contributed by atoms with Gasteiger partial charge in [0.25, 0.3) is 0 Å². The number of hydrogen-bond acceptors (Lipinski definition) is 7. The zero-order valence-electron chi connectivity index (χ0n) is 13.4. The molecule has 0 aromatic heterocycles. The predicted molar refractivity (Wildman–Crippen MR) is 89.5 cm³/mol. The average molecular weight is 335 g/mol. The van der Waals surface area contributed by atoms with Gasteiger partial charge in [-0.05, 0) is 0 Å². The largest absolute Gasteiger partial charge is 0.365 e. The van der Waals surface area contributed by atoms with Gasteiger partial charge in [0.15, 0.2) is 6.19 Å². The maximum absolute atomic E-state index is 12.4. The topological polar surface area (TPSA) is 70.2 Å². The van der Waals surface area contributed by atoms with Crippen LogP contribution in [-0.4, -0.2) is 84.5 Å². The van der Waals surface area contributed by atoms with E-state index < -0.39 is 0 Å². The summed E-state index contributed by atoms with van der Waals surface area (Å²) in [6.45, 7) is 5.41. The van der Waals surface area contributed by atoms with Crippen LogP contribution in [-0.2, 0) is 9.59 Å². The van der Waals surface area contributed by atoms with Gasteiger partial charge in [0.2, 0.25) is 11.6 Å². The fourth-order valence-electron chi connectivity index (χ4n) is 2.28. The molecule has 0 radical (unpaired) electrons. The van der Waals surface area contributed by atoms with E-state index in [1.807, 2.05) is 20.9 Å². The molecule has 0 aromatic rings. The Balaban J connectivity index is 0.000000284. The van der Waals surface area contributed by atoms with Gasteiger partial charge in [-0.2, -0.15) is 18.8 Å². The van der Waals surface area contributed by atoms with Crippen molar-refractivity contribution in [3.05, 3.63) is 23.2 Å². The molecule has 3 fully saturated rings.